The van der Waals surface area contributed by atoms with Gasteiger partial charge in [0.2, 0.25) is 5.91 Å². The van der Waals surface area contributed by atoms with Crippen molar-refractivity contribution in [2.75, 3.05) is 11.6 Å². The second-order valence-electron chi connectivity index (χ2n) is 4.24. The molecule has 4 N–H and O–H groups in total. The summed E-state index contributed by atoms with van der Waals surface area (Å²) in [5.74, 6) is -1.09. The van der Waals surface area contributed by atoms with E-state index in [1.54, 1.807) is 0 Å². The Kier molecular flexibility index (Phi) is 3.87. The van der Waals surface area contributed by atoms with Crippen molar-refractivity contribution < 1.29 is 19.5 Å². The molecule has 1 fully saturated rings. The highest BCUT2D eigenvalue weighted by Gasteiger charge is 2.37. The summed E-state index contributed by atoms with van der Waals surface area (Å²) in [6.07, 6.45) is 0. The average Bonchev–Trinajstić information content (AvgIpc) is 2.64. The molecule has 1 aliphatic heterocycles. The number of primary amides is 1. The number of rotatable bonds is 3. The number of amides is 3. The first-order valence-electron chi connectivity index (χ1n) is 4.95. The van der Waals surface area contributed by atoms with Gasteiger partial charge in [-0.15, -0.1) is 11.8 Å². The molecule has 0 aliphatic carbocycles. The molecule has 0 spiro atoms. The molecule has 0 aromatic heterocycles. The van der Waals surface area contributed by atoms with Gasteiger partial charge in [-0.25, -0.2) is 9.59 Å². The summed E-state index contributed by atoms with van der Waals surface area (Å²) in [6.45, 7) is 2.93. The summed E-state index contributed by atoms with van der Waals surface area (Å²) in [7, 11) is 0. The number of carbonyl (C=O) groups excluding carboxylic acids is 2. The van der Waals surface area contributed by atoms with Gasteiger partial charge in [0.25, 0.3) is 0 Å². The Labute approximate surface area is 103 Å². The third kappa shape index (κ3) is 3.02. The summed E-state index contributed by atoms with van der Waals surface area (Å²) in [6, 6.07) is -1.45. The highest BCUT2D eigenvalue weighted by Crippen LogP contribution is 2.21. The van der Waals surface area contributed by atoms with Gasteiger partial charge in [0.15, 0.2) is 0 Å². The molecule has 1 saturated heterocycles. The van der Waals surface area contributed by atoms with Crippen LogP contribution in [0.4, 0.5) is 4.79 Å². The van der Waals surface area contributed by atoms with Crippen molar-refractivity contribution in [2.45, 2.75) is 25.4 Å². The zero-order valence-electron chi connectivity index (χ0n) is 9.60. The Morgan fingerprint density at radius 2 is 2.06 bits per heavy atom. The van der Waals surface area contributed by atoms with Crippen LogP contribution in [-0.4, -0.2) is 51.1 Å². The second-order valence-corrected chi connectivity index (χ2v) is 5.24. The summed E-state index contributed by atoms with van der Waals surface area (Å²) in [5, 5.41) is 11.3. The molecule has 8 heteroatoms. The van der Waals surface area contributed by atoms with Crippen LogP contribution in [0.5, 0.6) is 0 Å². The number of urea groups is 1. The van der Waals surface area contributed by atoms with E-state index in [-0.39, 0.29) is 5.88 Å². The minimum absolute atomic E-state index is 0.289. The van der Waals surface area contributed by atoms with Crippen molar-refractivity contribution in [3.8, 4) is 0 Å². The highest BCUT2D eigenvalue weighted by molar-refractivity contribution is 7.99. The fourth-order valence-corrected chi connectivity index (χ4v) is 2.39. The summed E-state index contributed by atoms with van der Waals surface area (Å²) < 4.78 is 0. The Balaban J connectivity index is 2.71. The number of aliphatic carboxylic acids is 1. The van der Waals surface area contributed by atoms with Gasteiger partial charge in [0, 0.05) is 5.75 Å². The quantitative estimate of drug-likeness (QED) is 0.629. The monoisotopic (exact) mass is 261 g/mol. The van der Waals surface area contributed by atoms with Crippen molar-refractivity contribution in [3.05, 3.63) is 0 Å². The first kappa shape index (κ1) is 13.6. The van der Waals surface area contributed by atoms with Crippen LogP contribution in [0.15, 0.2) is 0 Å². The van der Waals surface area contributed by atoms with Crippen LogP contribution in [0, 0.1) is 0 Å². The van der Waals surface area contributed by atoms with Gasteiger partial charge in [-0.1, -0.05) is 0 Å². The molecule has 3 amide bonds. The lowest BCUT2D eigenvalue weighted by molar-refractivity contribution is -0.140. The van der Waals surface area contributed by atoms with E-state index in [0.717, 1.165) is 0 Å². The van der Waals surface area contributed by atoms with E-state index in [1.165, 1.54) is 30.5 Å². The number of carboxylic acids is 1. The van der Waals surface area contributed by atoms with Crippen LogP contribution in [-0.2, 0) is 9.59 Å². The van der Waals surface area contributed by atoms with Crippen molar-refractivity contribution in [1.29, 1.82) is 0 Å². The van der Waals surface area contributed by atoms with E-state index >= 15 is 0 Å². The third-order valence-corrected chi connectivity index (χ3v) is 3.48. The predicted octanol–water partition coefficient (Wildman–Crippen LogP) is -0.581. The normalized spacial score (nSPS) is 20.1. The van der Waals surface area contributed by atoms with Crippen molar-refractivity contribution in [1.82, 2.24) is 10.2 Å². The molecule has 0 radical (unpaired) electrons. The average molecular weight is 261 g/mol. The van der Waals surface area contributed by atoms with Gasteiger partial charge in [0.05, 0.1) is 5.88 Å². The van der Waals surface area contributed by atoms with E-state index in [9.17, 15) is 14.4 Å². The third-order valence-electron chi connectivity index (χ3n) is 2.46. The molecule has 0 bridgehead atoms. The van der Waals surface area contributed by atoms with E-state index in [0.29, 0.717) is 5.75 Å². The Hall–Kier alpha value is -1.44. The van der Waals surface area contributed by atoms with Crippen LogP contribution in [0.2, 0.25) is 0 Å². The van der Waals surface area contributed by atoms with Crippen molar-refractivity contribution in [3.63, 3.8) is 0 Å². The molecular formula is C9H15N3O4S. The maximum atomic E-state index is 11.8. The van der Waals surface area contributed by atoms with Crippen molar-refractivity contribution >= 4 is 29.7 Å². The molecule has 1 rings (SSSR count). The zero-order valence-corrected chi connectivity index (χ0v) is 10.4. The number of carboxylic acid groups (broad SMARTS) is 1. The summed E-state index contributed by atoms with van der Waals surface area (Å²) in [4.78, 5) is 34.9. The number of carbonyl (C=O) groups is 3. The Bertz CT molecular complexity index is 358. The Morgan fingerprint density at radius 1 is 1.47 bits per heavy atom. The molecule has 0 aromatic rings. The fourth-order valence-electron chi connectivity index (χ4n) is 1.25. The number of hydrogen-bond donors (Lipinski definition) is 3. The molecule has 0 unspecified atom stereocenters. The summed E-state index contributed by atoms with van der Waals surface area (Å²) >= 11 is 1.35. The van der Waals surface area contributed by atoms with Gasteiger partial charge < -0.3 is 21.1 Å². The first-order chi connectivity index (χ1) is 7.75. The maximum Gasteiger partial charge on any atom is 0.327 e. The van der Waals surface area contributed by atoms with E-state index in [1.807, 2.05) is 0 Å². The lowest BCUT2D eigenvalue weighted by atomic mass is 10.1. The van der Waals surface area contributed by atoms with Crippen LogP contribution >= 0.6 is 11.8 Å². The molecular weight excluding hydrogens is 246 g/mol. The van der Waals surface area contributed by atoms with Crippen LogP contribution in [0.3, 0.4) is 0 Å². The number of nitrogens with two attached hydrogens (primary N) is 1. The topological polar surface area (TPSA) is 113 Å². The van der Waals surface area contributed by atoms with Gasteiger partial charge in [-0.05, 0) is 13.8 Å². The lowest BCUT2D eigenvalue weighted by Crippen LogP contribution is -2.58. The first-order valence-corrected chi connectivity index (χ1v) is 6.10. The summed E-state index contributed by atoms with van der Waals surface area (Å²) in [5.41, 5.74) is 3.92. The number of hydrogen-bond acceptors (Lipinski definition) is 4. The number of nitrogens with zero attached hydrogens (tertiary/aromatic N) is 1. The smallest absolute Gasteiger partial charge is 0.327 e. The molecule has 1 aliphatic rings. The standard InChI is InChI=1S/C9H15N3O4S/c1-9(2,7(10)15)11-8(16)12-4-17-3-5(12)6(13)14/h5H,3-4H2,1-2H3,(H2,10,15)(H,11,16)(H,13,14)/t5-/m0/s1. The van der Waals surface area contributed by atoms with Crippen LogP contribution < -0.4 is 11.1 Å². The largest absolute Gasteiger partial charge is 0.480 e. The molecule has 17 heavy (non-hydrogen) atoms. The van der Waals surface area contributed by atoms with Gasteiger partial charge in [-0.2, -0.15) is 0 Å². The van der Waals surface area contributed by atoms with E-state index < -0.39 is 29.5 Å². The Morgan fingerprint density at radius 3 is 2.53 bits per heavy atom. The maximum absolute atomic E-state index is 11.8. The SMILES string of the molecule is CC(C)(NC(=O)N1CSC[C@H]1C(=O)O)C(N)=O. The number of thioether (sulfide) groups is 1. The van der Waals surface area contributed by atoms with Crippen molar-refractivity contribution in [2.24, 2.45) is 5.73 Å². The molecule has 0 saturated carbocycles. The molecule has 7 nitrogen and oxygen atoms in total. The number of nitrogens with one attached hydrogen (secondary N) is 1. The molecule has 1 heterocycles. The fraction of sp³-hybridized carbons (Fsp3) is 0.667. The van der Waals surface area contributed by atoms with E-state index in [4.69, 9.17) is 10.8 Å². The second kappa shape index (κ2) is 4.82. The molecule has 0 aromatic carbocycles. The minimum atomic E-state index is -1.20. The minimum Gasteiger partial charge on any atom is -0.480 e. The van der Waals surface area contributed by atoms with Crippen LogP contribution in [0.25, 0.3) is 0 Å². The lowest BCUT2D eigenvalue weighted by Gasteiger charge is -2.27. The van der Waals surface area contributed by atoms with Gasteiger partial charge in [0.1, 0.15) is 11.6 Å². The van der Waals surface area contributed by atoms with Gasteiger partial charge in [-0.3, -0.25) is 4.79 Å². The molecule has 96 valence electrons. The van der Waals surface area contributed by atoms with Gasteiger partial charge >= 0.3 is 12.0 Å². The van der Waals surface area contributed by atoms with E-state index in [2.05, 4.69) is 5.32 Å². The highest BCUT2D eigenvalue weighted by atomic mass is 32.2. The van der Waals surface area contributed by atoms with Crippen LogP contribution in [0.1, 0.15) is 13.8 Å². The zero-order chi connectivity index (χ0) is 13.2. The molecule has 1 atom stereocenters. The predicted molar refractivity (Wildman–Crippen MR) is 62.4 cm³/mol.